The van der Waals surface area contributed by atoms with Crippen molar-refractivity contribution >= 4 is 0 Å². The molecule has 66 valence electrons. The number of rotatable bonds is 1. The maximum Gasteiger partial charge on any atom is 0.0936 e. The molecule has 2 rings (SSSR count). The number of nitrogens with zero attached hydrogens (tertiary/aromatic N) is 1. The topological polar surface area (TPSA) is 38.5 Å². The first-order chi connectivity index (χ1) is 5.85. The molecule has 2 heterocycles. The first kappa shape index (κ1) is 7.90. The molecule has 2 fully saturated rings. The SMILES string of the molecule is NC#CCN1CC2(CCCO2)C1. The van der Waals surface area contributed by atoms with E-state index in [1.165, 1.54) is 12.8 Å². The van der Waals surface area contributed by atoms with Crippen LogP contribution >= 0.6 is 0 Å². The molecule has 0 radical (unpaired) electrons. The van der Waals surface area contributed by atoms with Gasteiger partial charge in [0.2, 0.25) is 0 Å². The average molecular weight is 166 g/mol. The Hall–Kier alpha value is -0.720. The van der Waals surface area contributed by atoms with Crippen LogP contribution in [0.3, 0.4) is 0 Å². The van der Waals surface area contributed by atoms with E-state index in [2.05, 4.69) is 16.9 Å². The van der Waals surface area contributed by atoms with E-state index in [9.17, 15) is 0 Å². The summed E-state index contributed by atoms with van der Waals surface area (Å²) in [7, 11) is 0. The number of nitrogens with two attached hydrogens (primary N) is 1. The number of hydrogen-bond acceptors (Lipinski definition) is 3. The Labute approximate surface area is 72.9 Å². The molecule has 3 heteroatoms. The normalized spacial score (nSPS) is 26.3. The highest BCUT2D eigenvalue weighted by Gasteiger charge is 2.45. The maximum atomic E-state index is 5.67. The Bertz CT molecular complexity index is 214. The van der Waals surface area contributed by atoms with Gasteiger partial charge in [-0.1, -0.05) is 5.92 Å². The van der Waals surface area contributed by atoms with Crippen molar-refractivity contribution in [2.75, 3.05) is 26.2 Å². The zero-order chi connectivity index (χ0) is 8.44. The second kappa shape index (κ2) is 2.96. The van der Waals surface area contributed by atoms with E-state index in [-0.39, 0.29) is 5.60 Å². The van der Waals surface area contributed by atoms with Crippen molar-refractivity contribution in [2.24, 2.45) is 5.73 Å². The van der Waals surface area contributed by atoms with E-state index in [0.29, 0.717) is 0 Å². The third-order valence-electron chi connectivity index (χ3n) is 2.61. The predicted molar refractivity (Wildman–Crippen MR) is 46.3 cm³/mol. The summed E-state index contributed by atoms with van der Waals surface area (Å²) < 4.78 is 5.67. The molecule has 0 amide bonds. The van der Waals surface area contributed by atoms with Crippen molar-refractivity contribution < 1.29 is 4.74 Å². The van der Waals surface area contributed by atoms with Crippen LogP contribution in [0.5, 0.6) is 0 Å². The smallest absolute Gasteiger partial charge is 0.0936 e. The molecule has 0 atom stereocenters. The molecule has 2 N–H and O–H groups in total. The quantitative estimate of drug-likeness (QED) is 0.432. The average Bonchev–Trinajstić information content (AvgIpc) is 2.46. The van der Waals surface area contributed by atoms with Gasteiger partial charge in [0.25, 0.3) is 0 Å². The molecule has 0 bridgehead atoms. The van der Waals surface area contributed by atoms with Gasteiger partial charge < -0.3 is 10.5 Å². The summed E-state index contributed by atoms with van der Waals surface area (Å²) in [4.78, 5) is 2.27. The van der Waals surface area contributed by atoms with Crippen molar-refractivity contribution in [1.82, 2.24) is 4.90 Å². The fourth-order valence-corrected chi connectivity index (χ4v) is 2.04. The summed E-state index contributed by atoms with van der Waals surface area (Å²) in [6, 6.07) is 2.41. The Morgan fingerprint density at radius 3 is 2.92 bits per heavy atom. The highest BCUT2D eigenvalue weighted by Crippen LogP contribution is 2.34. The molecule has 2 aliphatic heterocycles. The van der Waals surface area contributed by atoms with Gasteiger partial charge in [0.05, 0.1) is 12.1 Å². The van der Waals surface area contributed by atoms with Crippen LogP contribution < -0.4 is 5.73 Å². The van der Waals surface area contributed by atoms with E-state index in [4.69, 9.17) is 10.5 Å². The fraction of sp³-hybridized carbons (Fsp3) is 0.778. The zero-order valence-corrected chi connectivity index (χ0v) is 7.18. The number of ether oxygens (including phenoxy) is 1. The maximum absolute atomic E-state index is 5.67. The summed E-state index contributed by atoms with van der Waals surface area (Å²) in [5, 5.41) is 0. The molecular formula is C9H14N2O. The summed E-state index contributed by atoms with van der Waals surface area (Å²) in [5.74, 6) is 2.85. The highest BCUT2D eigenvalue weighted by atomic mass is 16.5. The van der Waals surface area contributed by atoms with E-state index in [1.807, 2.05) is 0 Å². The lowest BCUT2D eigenvalue weighted by Gasteiger charge is -2.46. The second-order valence-electron chi connectivity index (χ2n) is 3.60. The lowest BCUT2D eigenvalue weighted by atomic mass is 9.91. The van der Waals surface area contributed by atoms with Crippen molar-refractivity contribution in [3.8, 4) is 12.0 Å². The first-order valence-electron chi connectivity index (χ1n) is 4.39. The van der Waals surface area contributed by atoms with E-state index >= 15 is 0 Å². The molecule has 0 aromatic carbocycles. The third kappa shape index (κ3) is 1.28. The minimum Gasteiger partial charge on any atom is -0.372 e. The van der Waals surface area contributed by atoms with Gasteiger partial charge in [0, 0.05) is 25.7 Å². The van der Waals surface area contributed by atoms with Crippen LogP contribution in [0.4, 0.5) is 0 Å². The minimum absolute atomic E-state index is 0.205. The van der Waals surface area contributed by atoms with Gasteiger partial charge in [-0.15, -0.1) is 0 Å². The molecule has 2 aliphatic rings. The van der Waals surface area contributed by atoms with Crippen LogP contribution in [0.25, 0.3) is 0 Å². The molecule has 0 aromatic heterocycles. The molecule has 0 saturated carbocycles. The molecular weight excluding hydrogens is 152 g/mol. The molecule has 0 unspecified atom stereocenters. The minimum atomic E-state index is 0.205. The van der Waals surface area contributed by atoms with Gasteiger partial charge in [-0.2, -0.15) is 0 Å². The zero-order valence-electron chi connectivity index (χ0n) is 7.18. The summed E-state index contributed by atoms with van der Waals surface area (Å²) in [6.45, 7) is 3.82. The van der Waals surface area contributed by atoms with Crippen molar-refractivity contribution in [2.45, 2.75) is 18.4 Å². The third-order valence-corrected chi connectivity index (χ3v) is 2.61. The van der Waals surface area contributed by atoms with Crippen molar-refractivity contribution in [3.05, 3.63) is 0 Å². The number of hydrogen-bond donors (Lipinski definition) is 1. The Balaban J connectivity index is 1.77. The van der Waals surface area contributed by atoms with Gasteiger partial charge in [0.1, 0.15) is 0 Å². The Morgan fingerprint density at radius 2 is 2.33 bits per heavy atom. The van der Waals surface area contributed by atoms with Crippen LogP contribution in [0.1, 0.15) is 12.8 Å². The standard InChI is InChI=1S/C9H14N2O/c10-4-2-5-11-7-9(8-11)3-1-6-12-9/h1,3,5-8,10H2. The Kier molecular flexibility index (Phi) is 1.95. The lowest BCUT2D eigenvalue weighted by molar-refractivity contribution is -0.105. The highest BCUT2D eigenvalue weighted by molar-refractivity contribution is 5.05. The lowest BCUT2D eigenvalue weighted by Crippen LogP contribution is -2.61. The Morgan fingerprint density at radius 1 is 1.50 bits per heavy atom. The van der Waals surface area contributed by atoms with Crippen molar-refractivity contribution in [1.29, 1.82) is 0 Å². The van der Waals surface area contributed by atoms with Gasteiger partial charge in [-0.05, 0) is 12.8 Å². The van der Waals surface area contributed by atoms with E-state index in [0.717, 1.165) is 26.2 Å². The molecule has 2 saturated heterocycles. The van der Waals surface area contributed by atoms with Gasteiger partial charge in [-0.25, -0.2) is 0 Å². The summed E-state index contributed by atoms with van der Waals surface area (Å²) >= 11 is 0. The molecule has 1 spiro atoms. The molecule has 0 aromatic rings. The van der Waals surface area contributed by atoms with Crippen LogP contribution in [0.15, 0.2) is 0 Å². The number of likely N-dealkylation sites (tertiary alicyclic amines) is 1. The molecule has 12 heavy (non-hydrogen) atoms. The summed E-state index contributed by atoms with van der Waals surface area (Å²) in [6.07, 6.45) is 2.44. The van der Waals surface area contributed by atoms with Crippen molar-refractivity contribution in [3.63, 3.8) is 0 Å². The fourth-order valence-electron chi connectivity index (χ4n) is 2.04. The van der Waals surface area contributed by atoms with Crippen LogP contribution in [-0.4, -0.2) is 36.7 Å². The van der Waals surface area contributed by atoms with Gasteiger partial charge in [-0.3, -0.25) is 4.90 Å². The van der Waals surface area contributed by atoms with Gasteiger partial charge >= 0.3 is 0 Å². The van der Waals surface area contributed by atoms with Crippen LogP contribution in [0.2, 0.25) is 0 Å². The second-order valence-corrected chi connectivity index (χ2v) is 3.60. The first-order valence-corrected chi connectivity index (χ1v) is 4.39. The van der Waals surface area contributed by atoms with Gasteiger partial charge in [0.15, 0.2) is 0 Å². The summed E-state index contributed by atoms with van der Waals surface area (Å²) in [5.41, 5.74) is 5.29. The van der Waals surface area contributed by atoms with E-state index in [1.54, 1.807) is 0 Å². The molecule has 3 nitrogen and oxygen atoms in total. The predicted octanol–water partition coefficient (Wildman–Crippen LogP) is -0.229. The van der Waals surface area contributed by atoms with Crippen LogP contribution in [0, 0.1) is 12.0 Å². The van der Waals surface area contributed by atoms with E-state index < -0.39 is 0 Å². The largest absolute Gasteiger partial charge is 0.372 e. The van der Waals surface area contributed by atoms with Crippen LogP contribution in [-0.2, 0) is 4.74 Å². The monoisotopic (exact) mass is 166 g/mol. The molecule has 0 aliphatic carbocycles.